The average Bonchev–Trinajstić information content (AvgIpc) is 3.30. The predicted octanol–water partition coefficient (Wildman–Crippen LogP) is 4.80. The van der Waals surface area contributed by atoms with Crippen molar-refractivity contribution in [1.29, 1.82) is 0 Å². The van der Waals surface area contributed by atoms with E-state index in [1.807, 2.05) is 0 Å². The molecule has 34 heavy (non-hydrogen) atoms. The Balaban J connectivity index is 1.61. The van der Waals surface area contributed by atoms with Gasteiger partial charge in [-0.2, -0.15) is 0 Å². The van der Waals surface area contributed by atoms with Gasteiger partial charge in [0.05, 0.1) is 22.7 Å². The van der Waals surface area contributed by atoms with Crippen molar-refractivity contribution < 1.29 is 19.5 Å². The molecule has 3 aromatic carbocycles. The molecular weight excluding hydrogens is 462 g/mol. The van der Waals surface area contributed by atoms with Gasteiger partial charge in [-0.15, -0.1) is 0 Å². The molecule has 0 radical (unpaired) electrons. The highest BCUT2D eigenvalue weighted by atomic mass is 35.5. The molecule has 10 heteroatoms. The Hall–Kier alpha value is -4.37. The van der Waals surface area contributed by atoms with E-state index in [0.29, 0.717) is 27.8 Å². The zero-order chi connectivity index (χ0) is 23.8. The minimum Gasteiger partial charge on any atom is -0.494 e. The van der Waals surface area contributed by atoms with Gasteiger partial charge >= 0.3 is 0 Å². The van der Waals surface area contributed by atoms with Gasteiger partial charge < -0.3 is 14.6 Å². The Labute approximate surface area is 197 Å². The summed E-state index contributed by atoms with van der Waals surface area (Å²) in [6.45, 7) is 0.211. The molecule has 0 saturated carbocycles. The van der Waals surface area contributed by atoms with Crippen molar-refractivity contribution in [3.8, 4) is 17.4 Å². The van der Waals surface area contributed by atoms with Gasteiger partial charge in [0.1, 0.15) is 5.02 Å². The summed E-state index contributed by atoms with van der Waals surface area (Å²) in [5, 5.41) is 23.1. The van der Waals surface area contributed by atoms with E-state index in [2.05, 4.69) is 4.99 Å². The largest absolute Gasteiger partial charge is 0.494 e. The van der Waals surface area contributed by atoms with Crippen molar-refractivity contribution >= 4 is 40.0 Å². The van der Waals surface area contributed by atoms with Gasteiger partial charge in [0, 0.05) is 23.1 Å². The van der Waals surface area contributed by atoms with Crippen LogP contribution in [0.5, 0.6) is 17.4 Å². The minimum absolute atomic E-state index is 0.00507. The smallest absolute Gasteiger partial charge is 0.290 e. The molecule has 2 heterocycles. The van der Waals surface area contributed by atoms with E-state index >= 15 is 0 Å². The normalized spacial score (nSPS) is 12.5. The number of ether oxygens (including phenoxy) is 2. The molecule has 0 fully saturated rings. The molecule has 1 N–H and O–H groups in total. The Morgan fingerprint density at radius 1 is 1.09 bits per heavy atom. The standard InChI is InChI=1S/C24H16ClN3O6/c25-19-7-6-15(10-20(19)28(31)32)26-11-18-16-3-1-2-4-17(16)23(29)27(24(18)30)12-14-5-8-21-22(9-14)34-13-33-21/h1-11,30H,12-13H2. The van der Waals surface area contributed by atoms with Crippen LogP contribution >= 0.6 is 11.6 Å². The topological polar surface area (TPSA) is 116 Å². The number of pyridine rings is 1. The maximum Gasteiger partial charge on any atom is 0.290 e. The average molecular weight is 478 g/mol. The summed E-state index contributed by atoms with van der Waals surface area (Å²) in [6, 6.07) is 16.3. The van der Waals surface area contributed by atoms with E-state index in [0.717, 1.165) is 5.56 Å². The minimum atomic E-state index is -0.597. The Bertz CT molecular complexity index is 1550. The van der Waals surface area contributed by atoms with Gasteiger partial charge in [-0.05, 0) is 35.9 Å². The first-order chi connectivity index (χ1) is 16.4. The molecule has 5 rings (SSSR count). The summed E-state index contributed by atoms with van der Waals surface area (Å²) in [6.07, 6.45) is 1.38. The third kappa shape index (κ3) is 3.82. The van der Waals surface area contributed by atoms with Crippen molar-refractivity contribution in [3.05, 3.63) is 97.3 Å². The number of benzene rings is 3. The third-order valence-corrected chi connectivity index (χ3v) is 5.76. The van der Waals surface area contributed by atoms with Crippen LogP contribution in [-0.2, 0) is 6.54 Å². The second kappa shape index (κ2) is 8.53. The van der Waals surface area contributed by atoms with Crippen molar-refractivity contribution in [3.63, 3.8) is 0 Å². The van der Waals surface area contributed by atoms with Gasteiger partial charge in [0.2, 0.25) is 12.7 Å². The highest BCUT2D eigenvalue weighted by molar-refractivity contribution is 6.32. The number of nitro groups is 1. The zero-order valence-corrected chi connectivity index (χ0v) is 18.2. The number of hydrogen-bond acceptors (Lipinski definition) is 7. The monoisotopic (exact) mass is 477 g/mol. The van der Waals surface area contributed by atoms with Crippen molar-refractivity contribution in [2.24, 2.45) is 4.99 Å². The maximum atomic E-state index is 13.2. The lowest BCUT2D eigenvalue weighted by molar-refractivity contribution is -0.384. The van der Waals surface area contributed by atoms with Crippen LogP contribution in [0.4, 0.5) is 11.4 Å². The molecule has 0 spiro atoms. The van der Waals surface area contributed by atoms with Crippen LogP contribution in [0.15, 0.2) is 70.5 Å². The molecule has 170 valence electrons. The van der Waals surface area contributed by atoms with E-state index in [1.54, 1.807) is 42.5 Å². The highest BCUT2D eigenvalue weighted by Gasteiger charge is 2.18. The van der Waals surface area contributed by atoms with E-state index in [-0.39, 0.29) is 41.2 Å². The first-order valence-electron chi connectivity index (χ1n) is 10.1. The van der Waals surface area contributed by atoms with Crippen LogP contribution < -0.4 is 15.0 Å². The fraction of sp³-hybridized carbons (Fsp3) is 0.0833. The number of nitrogens with zero attached hydrogens (tertiary/aromatic N) is 3. The van der Waals surface area contributed by atoms with Gasteiger partial charge in [-0.3, -0.25) is 24.5 Å². The Morgan fingerprint density at radius 3 is 2.65 bits per heavy atom. The predicted molar refractivity (Wildman–Crippen MR) is 127 cm³/mol. The molecule has 0 saturated heterocycles. The SMILES string of the molecule is O=c1c2ccccc2c(C=Nc2ccc(Cl)c([N+](=O)[O-])c2)c(O)n1Cc1ccc2c(c1)OCO2. The number of halogens is 1. The molecule has 1 aromatic heterocycles. The highest BCUT2D eigenvalue weighted by Crippen LogP contribution is 2.33. The number of nitro benzene ring substituents is 1. The van der Waals surface area contributed by atoms with Crippen molar-refractivity contribution in [2.45, 2.75) is 6.54 Å². The lowest BCUT2D eigenvalue weighted by Gasteiger charge is -2.14. The second-order valence-electron chi connectivity index (χ2n) is 7.51. The van der Waals surface area contributed by atoms with Crippen LogP contribution in [-0.4, -0.2) is 27.6 Å². The van der Waals surface area contributed by atoms with Crippen LogP contribution in [0.2, 0.25) is 5.02 Å². The maximum absolute atomic E-state index is 13.2. The number of aromatic hydroxyl groups is 1. The fourth-order valence-corrected chi connectivity index (χ4v) is 3.95. The molecule has 1 aliphatic heterocycles. The first-order valence-corrected chi connectivity index (χ1v) is 10.5. The quantitative estimate of drug-likeness (QED) is 0.251. The second-order valence-corrected chi connectivity index (χ2v) is 7.92. The molecule has 1 aliphatic rings. The summed E-state index contributed by atoms with van der Waals surface area (Å²) in [5.41, 5.74) is 0.651. The fourth-order valence-electron chi connectivity index (χ4n) is 3.77. The lowest BCUT2D eigenvalue weighted by Crippen LogP contribution is -2.22. The number of aromatic nitrogens is 1. The zero-order valence-electron chi connectivity index (χ0n) is 17.5. The lowest BCUT2D eigenvalue weighted by atomic mass is 10.1. The van der Waals surface area contributed by atoms with Gasteiger partial charge in [-0.25, -0.2) is 0 Å². The van der Waals surface area contributed by atoms with Crippen LogP contribution in [0.3, 0.4) is 0 Å². The summed E-state index contributed by atoms with van der Waals surface area (Å²) in [4.78, 5) is 28.1. The summed E-state index contributed by atoms with van der Waals surface area (Å²) < 4.78 is 12.0. The Morgan fingerprint density at radius 2 is 1.85 bits per heavy atom. The van der Waals surface area contributed by atoms with Crippen LogP contribution in [0, 0.1) is 10.1 Å². The number of fused-ring (bicyclic) bond motifs is 2. The van der Waals surface area contributed by atoms with Crippen molar-refractivity contribution in [1.82, 2.24) is 4.57 Å². The summed E-state index contributed by atoms with van der Waals surface area (Å²) in [7, 11) is 0. The molecule has 0 atom stereocenters. The Kier molecular flexibility index (Phi) is 5.39. The molecule has 0 aliphatic carbocycles. The summed E-state index contributed by atoms with van der Waals surface area (Å²) in [5.74, 6) is 0.897. The number of aliphatic imine (C=N–C) groups is 1. The van der Waals surface area contributed by atoms with Crippen LogP contribution in [0.1, 0.15) is 11.1 Å². The van der Waals surface area contributed by atoms with E-state index in [9.17, 15) is 20.0 Å². The van der Waals surface area contributed by atoms with Gasteiger partial charge in [0.25, 0.3) is 11.2 Å². The molecule has 9 nitrogen and oxygen atoms in total. The van der Waals surface area contributed by atoms with E-state index in [1.165, 1.54) is 29.0 Å². The summed E-state index contributed by atoms with van der Waals surface area (Å²) >= 11 is 5.87. The van der Waals surface area contributed by atoms with E-state index < -0.39 is 4.92 Å². The van der Waals surface area contributed by atoms with Crippen molar-refractivity contribution in [2.75, 3.05) is 6.79 Å². The molecular formula is C24H16ClN3O6. The van der Waals surface area contributed by atoms with E-state index in [4.69, 9.17) is 21.1 Å². The molecule has 0 bridgehead atoms. The number of rotatable bonds is 5. The third-order valence-electron chi connectivity index (χ3n) is 5.44. The van der Waals surface area contributed by atoms with Crippen LogP contribution in [0.25, 0.3) is 10.8 Å². The number of hydrogen-bond donors (Lipinski definition) is 1. The van der Waals surface area contributed by atoms with Gasteiger partial charge in [0.15, 0.2) is 11.5 Å². The molecule has 4 aromatic rings. The first kappa shape index (κ1) is 21.5. The molecule has 0 amide bonds. The molecule has 0 unspecified atom stereocenters. The van der Waals surface area contributed by atoms with Gasteiger partial charge in [-0.1, -0.05) is 35.9 Å².